The first-order valence-electron chi connectivity index (χ1n) is 4.94. The van der Waals surface area contributed by atoms with Crippen LogP contribution in [-0.4, -0.2) is 5.97 Å². The maximum atomic E-state index is 11.3. The van der Waals surface area contributed by atoms with E-state index in [1.54, 1.807) is 0 Å². The zero-order valence-electron chi connectivity index (χ0n) is 8.79. The molecular weight excluding hydrogens is 256 g/mol. The van der Waals surface area contributed by atoms with Gasteiger partial charge in [-0.05, 0) is 6.07 Å². The number of carbonyl (C=O) groups excluding carboxylic acids is 1. The van der Waals surface area contributed by atoms with E-state index in [1.807, 2.05) is 24.3 Å². The molecule has 2 nitrogen and oxygen atoms in total. The van der Waals surface area contributed by atoms with Gasteiger partial charge in [0, 0.05) is 15.5 Å². The van der Waals surface area contributed by atoms with Gasteiger partial charge in [-0.25, -0.2) is 0 Å². The van der Waals surface area contributed by atoms with Gasteiger partial charge in [-0.3, -0.25) is 4.79 Å². The summed E-state index contributed by atoms with van der Waals surface area (Å²) in [5.74, 6) is -0.110. The molecule has 0 spiro atoms. The van der Waals surface area contributed by atoms with Crippen molar-refractivity contribution in [2.45, 2.75) is 26.4 Å². The summed E-state index contributed by atoms with van der Waals surface area (Å²) >= 11 is 3.49. The van der Waals surface area contributed by atoms with E-state index in [0.29, 0.717) is 6.42 Å². The summed E-state index contributed by atoms with van der Waals surface area (Å²) in [7, 11) is 0. The van der Waals surface area contributed by atoms with Crippen LogP contribution < -0.4 is 0 Å². The largest absolute Gasteiger partial charge is 0.457 e. The summed E-state index contributed by atoms with van der Waals surface area (Å²) in [6.07, 6.45) is 0.347. The molecule has 0 N–H and O–H groups in total. The van der Waals surface area contributed by atoms with Gasteiger partial charge in [0.25, 0.3) is 0 Å². The van der Waals surface area contributed by atoms with Crippen LogP contribution in [0.2, 0.25) is 0 Å². The minimum Gasteiger partial charge on any atom is -0.457 e. The van der Waals surface area contributed by atoms with Crippen molar-refractivity contribution in [2.24, 2.45) is 5.41 Å². The van der Waals surface area contributed by atoms with Crippen LogP contribution in [0.25, 0.3) is 0 Å². The van der Waals surface area contributed by atoms with E-state index in [0.717, 1.165) is 10.0 Å². The Bertz CT molecular complexity index is 398. The van der Waals surface area contributed by atoms with E-state index in [9.17, 15) is 4.79 Å². The number of esters is 1. The molecule has 0 amide bonds. The second-order valence-corrected chi connectivity index (χ2v) is 5.41. The first kappa shape index (κ1) is 10.7. The first-order chi connectivity index (χ1) is 7.00. The molecule has 1 unspecified atom stereocenters. The highest BCUT2D eigenvalue weighted by atomic mass is 79.9. The molecule has 1 heterocycles. The van der Waals surface area contributed by atoms with E-state index < -0.39 is 0 Å². The normalized spacial score (nSPS) is 23.9. The van der Waals surface area contributed by atoms with Gasteiger partial charge in [0.2, 0.25) is 0 Å². The molecule has 3 heteroatoms. The van der Waals surface area contributed by atoms with Gasteiger partial charge in [0.15, 0.2) is 0 Å². The second kappa shape index (κ2) is 3.63. The molecule has 0 aromatic heterocycles. The quantitative estimate of drug-likeness (QED) is 0.730. The maximum Gasteiger partial charge on any atom is 0.307 e. The number of benzene rings is 1. The molecule has 1 fully saturated rings. The van der Waals surface area contributed by atoms with Crippen LogP contribution in [-0.2, 0) is 9.53 Å². The average molecular weight is 269 g/mol. The average Bonchev–Trinajstić information content (AvgIpc) is 2.40. The van der Waals surface area contributed by atoms with Gasteiger partial charge in [0.05, 0.1) is 6.42 Å². The molecule has 0 bridgehead atoms. The van der Waals surface area contributed by atoms with Crippen LogP contribution in [0.15, 0.2) is 28.7 Å². The summed E-state index contributed by atoms with van der Waals surface area (Å²) in [5.41, 5.74) is 0.925. The molecule has 0 saturated carbocycles. The van der Waals surface area contributed by atoms with E-state index in [2.05, 4.69) is 29.8 Å². The number of ether oxygens (including phenoxy) is 1. The fourth-order valence-electron chi connectivity index (χ4n) is 1.97. The number of carbonyl (C=O) groups is 1. The Kier molecular flexibility index (Phi) is 2.59. The van der Waals surface area contributed by atoms with Gasteiger partial charge < -0.3 is 4.74 Å². The van der Waals surface area contributed by atoms with Crippen molar-refractivity contribution in [1.29, 1.82) is 0 Å². The smallest absolute Gasteiger partial charge is 0.307 e. The zero-order valence-corrected chi connectivity index (χ0v) is 10.4. The number of cyclic esters (lactones) is 1. The molecule has 1 aromatic carbocycles. The Morgan fingerprint density at radius 3 is 2.60 bits per heavy atom. The standard InChI is InChI=1S/C12H13BrO2/c1-12(2)7-10(14)15-11(12)8-5-3-4-6-9(8)13/h3-6,11H,7H2,1-2H3. The lowest BCUT2D eigenvalue weighted by molar-refractivity contribution is -0.142. The lowest BCUT2D eigenvalue weighted by Crippen LogP contribution is -2.16. The van der Waals surface area contributed by atoms with E-state index in [-0.39, 0.29) is 17.5 Å². The number of hydrogen-bond acceptors (Lipinski definition) is 2. The molecule has 1 aromatic rings. The number of hydrogen-bond donors (Lipinski definition) is 0. The highest BCUT2D eigenvalue weighted by Gasteiger charge is 2.43. The van der Waals surface area contributed by atoms with Gasteiger partial charge in [-0.15, -0.1) is 0 Å². The first-order valence-corrected chi connectivity index (χ1v) is 5.74. The van der Waals surface area contributed by atoms with Crippen molar-refractivity contribution in [2.75, 3.05) is 0 Å². The Hall–Kier alpha value is -0.830. The van der Waals surface area contributed by atoms with Crippen molar-refractivity contribution >= 4 is 21.9 Å². The molecule has 0 radical (unpaired) electrons. The third-order valence-electron chi connectivity index (χ3n) is 2.75. The topological polar surface area (TPSA) is 26.3 Å². The highest BCUT2D eigenvalue weighted by Crippen LogP contribution is 2.46. The minimum absolute atomic E-state index is 0.110. The molecule has 1 aliphatic heterocycles. The predicted octanol–water partition coefficient (Wildman–Crippen LogP) is 3.46. The van der Waals surface area contributed by atoms with E-state index >= 15 is 0 Å². The van der Waals surface area contributed by atoms with Crippen molar-refractivity contribution < 1.29 is 9.53 Å². The summed E-state index contributed by atoms with van der Waals surface area (Å²) in [6.45, 7) is 4.12. The third kappa shape index (κ3) is 1.93. The summed E-state index contributed by atoms with van der Waals surface area (Å²) in [6, 6.07) is 7.88. The number of halogens is 1. The SMILES string of the molecule is CC1(C)CC(=O)OC1c1ccccc1Br. The van der Waals surface area contributed by atoms with Crippen LogP contribution >= 0.6 is 15.9 Å². The van der Waals surface area contributed by atoms with Crippen LogP contribution in [0, 0.1) is 5.41 Å². The van der Waals surface area contributed by atoms with Crippen molar-refractivity contribution in [3.63, 3.8) is 0 Å². The third-order valence-corrected chi connectivity index (χ3v) is 3.47. The highest BCUT2D eigenvalue weighted by molar-refractivity contribution is 9.10. The van der Waals surface area contributed by atoms with E-state index in [1.165, 1.54) is 0 Å². The molecule has 0 aliphatic carbocycles. The fourth-order valence-corrected chi connectivity index (χ4v) is 2.46. The van der Waals surface area contributed by atoms with Crippen LogP contribution in [0.4, 0.5) is 0 Å². The molecular formula is C12H13BrO2. The molecule has 2 rings (SSSR count). The fraction of sp³-hybridized carbons (Fsp3) is 0.417. The summed E-state index contributed by atoms with van der Waals surface area (Å²) in [5, 5.41) is 0. The molecule has 1 atom stereocenters. The van der Waals surface area contributed by atoms with Gasteiger partial charge in [0.1, 0.15) is 6.10 Å². The van der Waals surface area contributed by atoms with Crippen LogP contribution in [0.1, 0.15) is 31.9 Å². The lowest BCUT2D eigenvalue weighted by atomic mass is 9.82. The van der Waals surface area contributed by atoms with Crippen LogP contribution in [0.3, 0.4) is 0 Å². The summed E-state index contributed by atoms with van der Waals surface area (Å²) in [4.78, 5) is 11.3. The van der Waals surface area contributed by atoms with Crippen molar-refractivity contribution in [1.82, 2.24) is 0 Å². The van der Waals surface area contributed by atoms with Gasteiger partial charge in [-0.2, -0.15) is 0 Å². The Labute approximate surface area is 97.8 Å². The molecule has 15 heavy (non-hydrogen) atoms. The zero-order chi connectivity index (χ0) is 11.1. The Morgan fingerprint density at radius 1 is 1.40 bits per heavy atom. The predicted molar refractivity (Wildman–Crippen MR) is 61.4 cm³/mol. The van der Waals surface area contributed by atoms with E-state index in [4.69, 9.17) is 4.74 Å². The summed E-state index contributed by atoms with van der Waals surface area (Å²) < 4.78 is 6.37. The van der Waals surface area contributed by atoms with Gasteiger partial charge >= 0.3 is 5.97 Å². The molecule has 1 aliphatic rings. The lowest BCUT2D eigenvalue weighted by Gasteiger charge is -2.24. The Morgan fingerprint density at radius 2 is 2.07 bits per heavy atom. The molecule has 80 valence electrons. The van der Waals surface area contributed by atoms with Crippen molar-refractivity contribution in [3.05, 3.63) is 34.3 Å². The van der Waals surface area contributed by atoms with Gasteiger partial charge in [-0.1, -0.05) is 48.0 Å². The minimum atomic E-state index is -0.138. The Balaban J connectivity index is 2.40. The van der Waals surface area contributed by atoms with Crippen LogP contribution in [0.5, 0.6) is 0 Å². The maximum absolute atomic E-state index is 11.3. The second-order valence-electron chi connectivity index (χ2n) is 4.56. The van der Waals surface area contributed by atoms with Crippen molar-refractivity contribution in [3.8, 4) is 0 Å². The molecule has 1 saturated heterocycles. The number of rotatable bonds is 1. The monoisotopic (exact) mass is 268 g/mol.